The fourth-order valence-electron chi connectivity index (χ4n) is 0.576. The Morgan fingerprint density at radius 3 is 2.10 bits per heavy atom. The van der Waals surface area contributed by atoms with Crippen molar-refractivity contribution < 1.29 is 28.7 Å². The van der Waals surface area contributed by atoms with Crippen LogP contribution in [0.25, 0.3) is 0 Å². The molecule has 0 heterocycles. The minimum Gasteiger partial charge on any atom is -0.872 e. The standard InChI is InChI=1S/C7H8O2.Li/c1-9-7-4-2-6(8)3-5-7;/h2-5,8H,1H3;/q;+1/p-1. The summed E-state index contributed by atoms with van der Waals surface area (Å²) in [6.07, 6.45) is 0. The zero-order valence-electron chi connectivity index (χ0n) is 6.13. The van der Waals surface area contributed by atoms with Crippen molar-refractivity contribution in [2.24, 2.45) is 0 Å². The molecule has 0 amide bonds. The van der Waals surface area contributed by atoms with E-state index in [1.807, 2.05) is 0 Å². The molecule has 0 N–H and O–H groups in total. The summed E-state index contributed by atoms with van der Waals surface area (Å²) in [7, 11) is 1.57. The van der Waals surface area contributed by atoms with Crippen LogP contribution in [0.15, 0.2) is 24.3 Å². The number of benzene rings is 1. The largest absolute Gasteiger partial charge is 1.00 e. The average Bonchev–Trinajstić information content (AvgIpc) is 1.90. The van der Waals surface area contributed by atoms with Crippen LogP contribution in [-0.4, -0.2) is 7.11 Å². The van der Waals surface area contributed by atoms with E-state index in [0.717, 1.165) is 5.75 Å². The Morgan fingerprint density at radius 1 is 1.20 bits per heavy atom. The summed E-state index contributed by atoms with van der Waals surface area (Å²) in [5.74, 6) is 0.727. The molecule has 1 aromatic rings. The molecule has 0 fully saturated rings. The first-order valence-corrected chi connectivity index (χ1v) is 2.64. The molecule has 0 bridgehead atoms. The van der Waals surface area contributed by atoms with Gasteiger partial charge in [0.2, 0.25) is 0 Å². The maximum Gasteiger partial charge on any atom is 1.00 e. The van der Waals surface area contributed by atoms with Crippen LogP contribution in [0.4, 0.5) is 0 Å². The van der Waals surface area contributed by atoms with E-state index in [1.54, 1.807) is 19.2 Å². The summed E-state index contributed by atoms with van der Waals surface area (Å²) >= 11 is 0. The SMILES string of the molecule is COc1ccc([O-])cc1.[Li+]. The van der Waals surface area contributed by atoms with Crippen molar-refractivity contribution in [1.29, 1.82) is 0 Å². The Kier molecular flexibility index (Phi) is 4.02. The fourth-order valence-corrected chi connectivity index (χ4v) is 0.576. The first-order valence-electron chi connectivity index (χ1n) is 2.64. The second kappa shape index (κ2) is 4.27. The van der Waals surface area contributed by atoms with Crippen molar-refractivity contribution in [3.05, 3.63) is 24.3 Å². The van der Waals surface area contributed by atoms with Gasteiger partial charge in [0.05, 0.1) is 7.11 Å². The third kappa shape index (κ3) is 2.34. The van der Waals surface area contributed by atoms with Gasteiger partial charge in [0.1, 0.15) is 5.75 Å². The smallest absolute Gasteiger partial charge is 0.872 e. The second-order valence-corrected chi connectivity index (χ2v) is 1.68. The van der Waals surface area contributed by atoms with Gasteiger partial charge in [0.25, 0.3) is 0 Å². The number of hydrogen-bond donors (Lipinski definition) is 0. The number of rotatable bonds is 1. The van der Waals surface area contributed by atoms with Crippen LogP contribution in [0.1, 0.15) is 0 Å². The van der Waals surface area contributed by atoms with Gasteiger partial charge in [0.15, 0.2) is 0 Å². The molecule has 10 heavy (non-hydrogen) atoms. The van der Waals surface area contributed by atoms with Gasteiger partial charge in [0, 0.05) is 0 Å². The zero-order valence-corrected chi connectivity index (χ0v) is 6.13. The Morgan fingerprint density at radius 2 is 1.70 bits per heavy atom. The molecule has 0 aliphatic carbocycles. The van der Waals surface area contributed by atoms with Gasteiger partial charge in [-0.15, -0.1) is 5.75 Å². The Hall–Kier alpha value is -0.583. The minimum atomic E-state index is 0. The first kappa shape index (κ1) is 9.42. The van der Waals surface area contributed by atoms with Crippen molar-refractivity contribution in [3.8, 4) is 11.5 Å². The van der Waals surface area contributed by atoms with Crippen LogP contribution >= 0.6 is 0 Å². The Balaban J connectivity index is 0.000000810. The van der Waals surface area contributed by atoms with Gasteiger partial charge in [-0.2, -0.15) is 0 Å². The van der Waals surface area contributed by atoms with Gasteiger partial charge in [-0.1, -0.05) is 12.1 Å². The maximum absolute atomic E-state index is 10.5. The normalized spacial score (nSPS) is 8.10. The van der Waals surface area contributed by atoms with Gasteiger partial charge in [-0.3, -0.25) is 0 Å². The third-order valence-electron chi connectivity index (χ3n) is 1.06. The summed E-state index contributed by atoms with van der Waals surface area (Å²) in [6, 6.07) is 6.22. The van der Waals surface area contributed by atoms with Crippen LogP contribution in [0.3, 0.4) is 0 Å². The molecule has 0 aliphatic heterocycles. The molecule has 0 saturated carbocycles. The van der Waals surface area contributed by atoms with Crippen LogP contribution in [0.2, 0.25) is 0 Å². The molecule has 0 saturated heterocycles. The summed E-state index contributed by atoms with van der Waals surface area (Å²) in [6.45, 7) is 0. The van der Waals surface area contributed by atoms with Gasteiger partial charge < -0.3 is 9.84 Å². The number of hydrogen-bond acceptors (Lipinski definition) is 2. The molecular weight excluding hydrogens is 123 g/mol. The fraction of sp³-hybridized carbons (Fsp3) is 0.143. The summed E-state index contributed by atoms with van der Waals surface area (Å²) in [5, 5.41) is 10.5. The van der Waals surface area contributed by atoms with E-state index in [4.69, 9.17) is 4.74 Å². The van der Waals surface area contributed by atoms with E-state index in [-0.39, 0.29) is 24.6 Å². The van der Waals surface area contributed by atoms with Crippen LogP contribution in [-0.2, 0) is 0 Å². The van der Waals surface area contributed by atoms with Crippen molar-refractivity contribution in [1.82, 2.24) is 0 Å². The van der Waals surface area contributed by atoms with E-state index in [2.05, 4.69) is 0 Å². The predicted octanol–water partition coefficient (Wildman–Crippen LogP) is -2.23. The molecule has 0 radical (unpaired) electrons. The van der Waals surface area contributed by atoms with Gasteiger partial charge in [-0.25, -0.2) is 0 Å². The van der Waals surface area contributed by atoms with Crippen molar-refractivity contribution in [3.63, 3.8) is 0 Å². The summed E-state index contributed by atoms with van der Waals surface area (Å²) in [5.41, 5.74) is 0. The average molecular weight is 130 g/mol. The molecule has 0 unspecified atom stereocenters. The predicted molar refractivity (Wildman–Crippen MR) is 32.4 cm³/mol. The van der Waals surface area contributed by atoms with Crippen LogP contribution in [0.5, 0.6) is 11.5 Å². The van der Waals surface area contributed by atoms with E-state index >= 15 is 0 Å². The maximum atomic E-state index is 10.5. The van der Waals surface area contributed by atoms with Crippen LogP contribution in [0, 0.1) is 0 Å². The molecule has 1 rings (SSSR count). The second-order valence-electron chi connectivity index (χ2n) is 1.68. The molecular formula is C7H7LiO2. The van der Waals surface area contributed by atoms with Crippen molar-refractivity contribution in [2.45, 2.75) is 0 Å². The van der Waals surface area contributed by atoms with E-state index in [1.165, 1.54) is 12.1 Å². The number of methoxy groups -OCH3 is 1. The van der Waals surface area contributed by atoms with Gasteiger partial charge in [-0.05, 0) is 12.1 Å². The van der Waals surface area contributed by atoms with Crippen LogP contribution < -0.4 is 28.7 Å². The first-order chi connectivity index (χ1) is 4.33. The summed E-state index contributed by atoms with van der Waals surface area (Å²) < 4.78 is 4.83. The van der Waals surface area contributed by atoms with Crippen molar-refractivity contribution >= 4 is 0 Å². The van der Waals surface area contributed by atoms with Gasteiger partial charge >= 0.3 is 18.9 Å². The molecule has 0 spiro atoms. The Bertz CT molecular complexity index is 183. The van der Waals surface area contributed by atoms with E-state index in [9.17, 15) is 5.11 Å². The van der Waals surface area contributed by atoms with Crippen molar-refractivity contribution in [2.75, 3.05) is 7.11 Å². The van der Waals surface area contributed by atoms with E-state index in [0.29, 0.717) is 0 Å². The monoisotopic (exact) mass is 130 g/mol. The molecule has 48 valence electrons. The third-order valence-corrected chi connectivity index (χ3v) is 1.06. The quantitative estimate of drug-likeness (QED) is 0.403. The van der Waals surface area contributed by atoms with E-state index < -0.39 is 0 Å². The minimum absolute atomic E-state index is 0. The summed E-state index contributed by atoms with van der Waals surface area (Å²) in [4.78, 5) is 0. The molecule has 3 heteroatoms. The molecule has 0 aliphatic rings. The molecule has 1 aromatic carbocycles. The molecule has 0 atom stereocenters. The Labute approximate surface area is 72.0 Å². The topological polar surface area (TPSA) is 32.3 Å². The number of ether oxygens (including phenoxy) is 1. The molecule has 2 nitrogen and oxygen atoms in total. The zero-order chi connectivity index (χ0) is 6.69. The molecule has 0 aromatic heterocycles.